The lowest BCUT2D eigenvalue weighted by atomic mass is 10.3. The molecule has 0 aliphatic carbocycles. The smallest absolute Gasteiger partial charge is 0.341 e. The Bertz CT molecular complexity index is 466. The van der Waals surface area contributed by atoms with Crippen molar-refractivity contribution < 1.29 is 14.6 Å². The number of nitrogens with zero attached hydrogens (tertiary/aromatic N) is 1. The van der Waals surface area contributed by atoms with E-state index in [1.807, 2.05) is 24.3 Å². The molecule has 1 aromatic carbocycles. The molecule has 0 amide bonds. The monoisotopic (exact) mass is 209 g/mol. The van der Waals surface area contributed by atoms with Gasteiger partial charge >= 0.3 is 5.97 Å². The molecule has 0 saturated heterocycles. The summed E-state index contributed by atoms with van der Waals surface area (Å²) in [5.41, 5.74) is 0. The topological polar surface area (TPSA) is 59.4 Å². The maximum absolute atomic E-state index is 10.3. The van der Waals surface area contributed by atoms with E-state index in [-0.39, 0.29) is 6.61 Å². The van der Waals surface area contributed by atoms with E-state index < -0.39 is 5.97 Å². The summed E-state index contributed by atoms with van der Waals surface area (Å²) in [6, 6.07) is 7.54. The van der Waals surface area contributed by atoms with Crippen LogP contribution in [0.2, 0.25) is 0 Å². The summed E-state index contributed by atoms with van der Waals surface area (Å²) in [6.07, 6.45) is 0. The molecule has 14 heavy (non-hydrogen) atoms. The highest BCUT2D eigenvalue weighted by molar-refractivity contribution is 7.13. The van der Waals surface area contributed by atoms with Gasteiger partial charge in [-0.25, -0.2) is 4.79 Å². The Morgan fingerprint density at radius 2 is 2.29 bits per heavy atom. The zero-order valence-electron chi connectivity index (χ0n) is 7.14. The summed E-state index contributed by atoms with van der Waals surface area (Å²) in [4.78, 5) is 10.3. The van der Waals surface area contributed by atoms with Crippen LogP contribution in [-0.2, 0) is 4.79 Å². The SMILES string of the molecule is O=C(O)COc1nsc2ccccc12. The fourth-order valence-electron chi connectivity index (χ4n) is 1.10. The predicted octanol–water partition coefficient (Wildman–Crippen LogP) is 1.76. The van der Waals surface area contributed by atoms with Gasteiger partial charge in [0.05, 0.1) is 10.1 Å². The maximum atomic E-state index is 10.3. The average Bonchev–Trinajstić information content (AvgIpc) is 2.58. The van der Waals surface area contributed by atoms with Gasteiger partial charge in [0.15, 0.2) is 6.61 Å². The highest BCUT2D eigenvalue weighted by atomic mass is 32.1. The van der Waals surface area contributed by atoms with Crippen molar-refractivity contribution in [2.45, 2.75) is 0 Å². The fourth-order valence-corrected chi connectivity index (χ4v) is 1.82. The van der Waals surface area contributed by atoms with E-state index in [0.717, 1.165) is 10.1 Å². The molecule has 0 saturated carbocycles. The van der Waals surface area contributed by atoms with Gasteiger partial charge < -0.3 is 9.84 Å². The molecule has 0 unspecified atom stereocenters. The third-order valence-corrected chi connectivity index (χ3v) is 2.49. The first-order valence-electron chi connectivity index (χ1n) is 3.96. The minimum absolute atomic E-state index is 0.353. The van der Waals surface area contributed by atoms with Gasteiger partial charge in [0.1, 0.15) is 0 Å². The van der Waals surface area contributed by atoms with Gasteiger partial charge in [0, 0.05) is 0 Å². The Balaban J connectivity index is 2.29. The van der Waals surface area contributed by atoms with Gasteiger partial charge in [-0.1, -0.05) is 12.1 Å². The number of carboxylic acid groups (broad SMARTS) is 1. The number of aromatic nitrogens is 1. The van der Waals surface area contributed by atoms with Crippen LogP contribution in [0, 0.1) is 0 Å². The maximum Gasteiger partial charge on any atom is 0.341 e. The highest BCUT2D eigenvalue weighted by Crippen LogP contribution is 2.27. The van der Waals surface area contributed by atoms with Crippen LogP contribution in [0.4, 0.5) is 0 Å². The quantitative estimate of drug-likeness (QED) is 0.836. The summed E-state index contributed by atoms with van der Waals surface area (Å²) in [5.74, 6) is -0.602. The number of hydrogen-bond donors (Lipinski definition) is 1. The summed E-state index contributed by atoms with van der Waals surface area (Å²) in [7, 11) is 0. The van der Waals surface area contributed by atoms with Gasteiger partial charge in [-0.2, -0.15) is 4.37 Å². The molecular formula is C9H7NO3S. The van der Waals surface area contributed by atoms with Crippen LogP contribution in [0.5, 0.6) is 5.88 Å². The molecule has 2 rings (SSSR count). The van der Waals surface area contributed by atoms with Crippen LogP contribution in [-0.4, -0.2) is 22.1 Å². The van der Waals surface area contributed by atoms with E-state index in [1.165, 1.54) is 11.5 Å². The standard InChI is InChI=1S/C9H7NO3S/c11-8(12)5-13-9-6-3-1-2-4-7(6)14-10-9/h1-4H,5H2,(H,11,12). The second-order valence-corrected chi connectivity index (χ2v) is 3.47. The van der Waals surface area contributed by atoms with Gasteiger partial charge in [0.2, 0.25) is 5.88 Å². The minimum atomic E-state index is -0.998. The minimum Gasteiger partial charge on any atom is -0.479 e. The summed E-state index contributed by atoms with van der Waals surface area (Å²) in [6.45, 7) is -0.353. The third-order valence-electron chi connectivity index (χ3n) is 1.68. The number of carboxylic acids is 1. The van der Waals surface area contributed by atoms with Crippen LogP contribution in [0.25, 0.3) is 10.1 Å². The number of ether oxygens (including phenoxy) is 1. The second-order valence-electron chi connectivity index (χ2n) is 2.67. The Kier molecular flexibility index (Phi) is 2.32. The van der Waals surface area contributed by atoms with Crippen LogP contribution in [0.3, 0.4) is 0 Å². The molecule has 1 heterocycles. The van der Waals surface area contributed by atoms with Gasteiger partial charge in [0.25, 0.3) is 0 Å². The van der Waals surface area contributed by atoms with Gasteiger partial charge in [-0.3, -0.25) is 0 Å². The van der Waals surface area contributed by atoms with Crippen molar-refractivity contribution in [3.8, 4) is 5.88 Å². The van der Waals surface area contributed by atoms with Crippen molar-refractivity contribution in [2.75, 3.05) is 6.61 Å². The molecule has 4 nitrogen and oxygen atoms in total. The first-order chi connectivity index (χ1) is 6.77. The first-order valence-corrected chi connectivity index (χ1v) is 4.74. The predicted molar refractivity (Wildman–Crippen MR) is 52.8 cm³/mol. The zero-order valence-corrected chi connectivity index (χ0v) is 7.95. The summed E-state index contributed by atoms with van der Waals surface area (Å²) >= 11 is 1.30. The zero-order chi connectivity index (χ0) is 9.97. The molecule has 1 aromatic heterocycles. The Labute approximate surface area is 83.9 Å². The molecule has 5 heteroatoms. The van der Waals surface area contributed by atoms with Crippen LogP contribution < -0.4 is 4.74 Å². The van der Waals surface area contributed by atoms with Crippen molar-refractivity contribution >= 4 is 27.6 Å². The second kappa shape index (κ2) is 3.63. The van der Waals surface area contributed by atoms with E-state index in [9.17, 15) is 4.79 Å². The van der Waals surface area contributed by atoms with Gasteiger partial charge in [-0.15, -0.1) is 0 Å². The third kappa shape index (κ3) is 1.67. The van der Waals surface area contributed by atoms with Crippen molar-refractivity contribution in [3.63, 3.8) is 0 Å². The molecule has 0 spiro atoms. The number of rotatable bonds is 3. The molecule has 2 aromatic rings. The van der Waals surface area contributed by atoms with Crippen LogP contribution >= 0.6 is 11.5 Å². The normalized spacial score (nSPS) is 10.3. The van der Waals surface area contributed by atoms with E-state index in [1.54, 1.807) is 0 Å². The van der Waals surface area contributed by atoms with Gasteiger partial charge in [-0.05, 0) is 23.7 Å². The van der Waals surface area contributed by atoms with E-state index >= 15 is 0 Å². The summed E-state index contributed by atoms with van der Waals surface area (Å²) in [5, 5.41) is 9.29. The lowest BCUT2D eigenvalue weighted by Gasteiger charge is -1.97. The number of hydrogen-bond acceptors (Lipinski definition) is 4. The average molecular weight is 209 g/mol. The largest absolute Gasteiger partial charge is 0.479 e. The number of aliphatic carboxylic acids is 1. The van der Waals surface area contributed by atoms with Crippen molar-refractivity contribution in [2.24, 2.45) is 0 Å². The first kappa shape index (κ1) is 8.96. The molecule has 0 bridgehead atoms. The lowest BCUT2D eigenvalue weighted by Crippen LogP contribution is -2.09. The Morgan fingerprint density at radius 1 is 1.50 bits per heavy atom. The lowest BCUT2D eigenvalue weighted by molar-refractivity contribution is -0.139. The van der Waals surface area contributed by atoms with Crippen molar-refractivity contribution in [1.82, 2.24) is 4.37 Å². The highest BCUT2D eigenvalue weighted by Gasteiger charge is 2.07. The molecular weight excluding hydrogens is 202 g/mol. The molecule has 0 aliphatic heterocycles. The van der Waals surface area contributed by atoms with E-state index in [4.69, 9.17) is 9.84 Å². The van der Waals surface area contributed by atoms with E-state index in [2.05, 4.69) is 4.37 Å². The molecule has 0 radical (unpaired) electrons. The fraction of sp³-hybridized carbons (Fsp3) is 0.111. The van der Waals surface area contributed by atoms with Crippen LogP contribution in [0.1, 0.15) is 0 Å². The molecule has 0 aliphatic rings. The van der Waals surface area contributed by atoms with Crippen LogP contribution in [0.15, 0.2) is 24.3 Å². The molecule has 0 fully saturated rings. The molecule has 1 N–H and O–H groups in total. The van der Waals surface area contributed by atoms with Crippen molar-refractivity contribution in [1.29, 1.82) is 0 Å². The number of fused-ring (bicyclic) bond motifs is 1. The molecule has 72 valence electrons. The van der Waals surface area contributed by atoms with E-state index in [0.29, 0.717) is 5.88 Å². The Hall–Kier alpha value is -1.62. The number of benzene rings is 1. The number of carbonyl (C=O) groups is 1. The summed E-state index contributed by atoms with van der Waals surface area (Å²) < 4.78 is 10.0. The molecule has 0 atom stereocenters. The van der Waals surface area contributed by atoms with Crippen molar-refractivity contribution in [3.05, 3.63) is 24.3 Å². The Morgan fingerprint density at radius 3 is 3.07 bits per heavy atom.